The second-order valence-corrected chi connectivity index (χ2v) is 6.50. The van der Waals surface area contributed by atoms with Crippen molar-refractivity contribution < 1.29 is 27.8 Å². The molecule has 0 amide bonds. The molecule has 0 aliphatic heterocycles. The Morgan fingerprint density at radius 2 is 1.90 bits per heavy atom. The van der Waals surface area contributed by atoms with E-state index in [4.69, 9.17) is 9.47 Å². The van der Waals surface area contributed by atoms with E-state index < -0.39 is 24.6 Å². The summed E-state index contributed by atoms with van der Waals surface area (Å²) in [4.78, 5) is 31.8. The van der Waals surface area contributed by atoms with E-state index in [9.17, 15) is 18.4 Å². The maximum atomic E-state index is 13.6. The summed E-state index contributed by atoms with van der Waals surface area (Å²) in [7, 11) is 0. The number of aromatic nitrogens is 3. The molecule has 154 valence electrons. The molecular weight excluding hydrogens is 384 g/mol. The molecule has 0 aliphatic rings. The van der Waals surface area contributed by atoms with Gasteiger partial charge in [-0.25, -0.2) is 14.6 Å². The fourth-order valence-electron chi connectivity index (χ4n) is 3.29. The van der Waals surface area contributed by atoms with E-state index in [0.717, 1.165) is 4.57 Å². The number of carbonyl (C=O) groups is 2. The summed E-state index contributed by atoms with van der Waals surface area (Å²) in [6.07, 6.45) is -1.04. The van der Waals surface area contributed by atoms with Crippen LogP contribution in [0.1, 0.15) is 64.4 Å². The van der Waals surface area contributed by atoms with Gasteiger partial charge in [0.15, 0.2) is 11.9 Å². The van der Waals surface area contributed by atoms with E-state index in [-0.39, 0.29) is 29.2 Å². The minimum Gasteiger partial charge on any atom is -0.462 e. The van der Waals surface area contributed by atoms with E-state index >= 15 is 0 Å². The van der Waals surface area contributed by atoms with Crippen molar-refractivity contribution in [2.45, 2.75) is 40.3 Å². The molecule has 0 aliphatic carbocycles. The van der Waals surface area contributed by atoms with Crippen molar-refractivity contribution in [3.8, 4) is 0 Å². The molecule has 29 heavy (non-hydrogen) atoms. The number of hydrogen-bond acceptors (Lipinski definition) is 5. The third kappa shape index (κ3) is 3.72. The zero-order valence-corrected chi connectivity index (χ0v) is 16.5. The van der Waals surface area contributed by atoms with Crippen LogP contribution in [0.2, 0.25) is 0 Å². The van der Waals surface area contributed by atoms with E-state index in [2.05, 4.69) is 9.97 Å². The highest BCUT2D eigenvalue weighted by molar-refractivity contribution is 5.98. The summed E-state index contributed by atoms with van der Waals surface area (Å²) in [5.74, 6) is -1.40. The normalized spacial score (nSPS) is 12.4. The summed E-state index contributed by atoms with van der Waals surface area (Å²) in [5.41, 5.74) is 1.78. The highest BCUT2D eigenvalue weighted by atomic mass is 19.3. The minimum absolute atomic E-state index is 0.0668. The molecule has 1 aromatic carbocycles. The lowest BCUT2D eigenvalue weighted by Gasteiger charge is -2.15. The van der Waals surface area contributed by atoms with Crippen molar-refractivity contribution in [3.63, 3.8) is 0 Å². The van der Waals surface area contributed by atoms with Gasteiger partial charge < -0.3 is 14.5 Å². The standard InChI is InChI=1S/C20H21F2N3O4/c1-5-28-18(26)15-10(2)16(23-11(15)3)19(27)29-12(4)17-24-13-8-6-7-9-14(13)25(17)20(21)22/h6-9,12,20,23H,5H2,1-4H3. The first kappa shape index (κ1) is 20.5. The number of para-hydroxylation sites is 2. The molecule has 0 radical (unpaired) electrons. The molecule has 1 atom stereocenters. The van der Waals surface area contributed by atoms with Crippen LogP contribution in [0.4, 0.5) is 8.78 Å². The predicted octanol–water partition coefficient (Wildman–Crippen LogP) is 4.47. The van der Waals surface area contributed by atoms with Gasteiger partial charge in [-0.2, -0.15) is 8.78 Å². The van der Waals surface area contributed by atoms with Crippen LogP contribution in [0.25, 0.3) is 11.0 Å². The Morgan fingerprint density at radius 1 is 1.21 bits per heavy atom. The number of halogens is 2. The number of benzene rings is 1. The minimum atomic E-state index is -2.84. The lowest BCUT2D eigenvalue weighted by atomic mass is 10.1. The molecule has 1 unspecified atom stereocenters. The molecular formula is C20H21F2N3O4. The lowest BCUT2D eigenvalue weighted by molar-refractivity contribution is 0.0227. The Hall–Kier alpha value is -3.23. The van der Waals surface area contributed by atoms with Gasteiger partial charge in [0.2, 0.25) is 0 Å². The van der Waals surface area contributed by atoms with Gasteiger partial charge in [-0.1, -0.05) is 12.1 Å². The number of alkyl halides is 2. The molecule has 2 heterocycles. The largest absolute Gasteiger partial charge is 0.462 e. The van der Waals surface area contributed by atoms with Crippen LogP contribution >= 0.6 is 0 Å². The Labute approximate surface area is 165 Å². The number of aryl methyl sites for hydroxylation is 1. The Morgan fingerprint density at radius 3 is 2.55 bits per heavy atom. The van der Waals surface area contributed by atoms with Gasteiger partial charge in [-0.15, -0.1) is 0 Å². The van der Waals surface area contributed by atoms with Crippen molar-refractivity contribution in [3.05, 3.63) is 52.6 Å². The van der Waals surface area contributed by atoms with Crippen LogP contribution in [-0.4, -0.2) is 33.1 Å². The summed E-state index contributed by atoms with van der Waals surface area (Å²) >= 11 is 0. The van der Waals surface area contributed by atoms with Gasteiger partial charge in [0.1, 0.15) is 5.69 Å². The Balaban J connectivity index is 1.91. The van der Waals surface area contributed by atoms with E-state index in [0.29, 0.717) is 16.8 Å². The Kier molecular flexibility index (Phi) is 5.67. The molecule has 3 aromatic rings. The number of hydrogen-bond donors (Lipinski definition) is 1. The quantitative estimate of drug-likeness (QED) is 0.612. The number of nitrogens with one attached hydrogen (secondary N) is 1. The SMILES string of the molecule is CCOC(=O)c1c(C)[nH]c(C(=O)OC(C)c2nc3ccccc3n2C(F)F)c1C. The van der Waals surface area contributed by atoms with Crippen LogP contribution in [0.5, 0.6) is 0 Å². The molecule has 7 nitrogen and oxygen atoms in total. The number of nitrogens with zero attached hydrogens (tertiary/aromatic N) is 2. The molecule has 9 heteroatoms. The fourth-order valence-corrected chi connectivity index (χ4v) is 3.29. The van der Waals surface area contributed by atoms with Crippen molar-refractivity contribution in [2.24, 2.45) is 0 Å². The lowest BCUT2D eigenvalue weighted by Crippen LogP contribution is -2.15. The van der Waals surface area contributed by atoms with Crippen molar-refractivity contribution in [2.75, 3.05) is 6.61 Å². The monoisotopic (exact) mass is 405 g/mol. The van der Waals surface area contributed by atoms with Crippen molar-refractivity contribution >= 4 is 23.0 Å². The molecule has 0 spiro atoms. The number of fused-ring (bicyclic) bond motifs is 1. The second kappa shape index (κ2) is 8.02. The second-order valence-electron chi connectivity index (χ2n) is 6.50. The zero-order valence-electron chi connectivity index (χ0n) is 16.5. The first-order chi connectivity index (χ1) is 13.8. The first-order valence-electron chi connectivity index (χ1n) is 9.08. The number of aromatic amines is 1. The molecule has 2 aromatic heterocycles. The van der Waals surface area contributed by atoms with Crippen LogP contribution in [0, 0.1) is 13.8 Å². The maximum Gasteiger partial charge on any atom is 0.355 e. The Bertz CT molecular complexity index is 1070. The molecule has 1 N–H and O–H groups in total. The predicted molar refractivity (Wildman–Crippen MR) is 101 cm³/mol. The smallest absolute Gasteiger partial charge is 0.355 e. The maximum absolute atomic E-state index is 13.6. The highest BCUT2D eigenvalue weighted by Gasteiger charge is 2.28. The number of imidazole rings is 1. The molecule has 3 rings (SSSR count). The number of esters is 2. The highest BCUT2D eigenvalue weighted by Crippen LogP contribution is 2.29. The number of rotatable bonds is 6. The summed E-state index contributed by atoms with van der Waals surface area (Å²) in [6, 6.07) is 6.45. The third-order valence-electron chi connectivity index (χ3n) is 4.59. The van der Waals surface area contributed by atoms with Crippen molar-refractivity contribution in [1.29, 1.82) is 0 Å². The first-order valence-corrected chi connectivity index (χ1v) is 9.08. The van der Waals surface area contributed by atoms with Gasteiger partial charge in [-0.05, 0) is 45.4 Å². The van der Waals surface area contributed by atoms with Gasteiger partial charge >= 0.3 is 18.5 Å². The van der Waals surface area contributed by atoms with Crippen LogP contribution in [-0.2, 0) is 9.47 Å². The van der Waals surface area contributed by atoms with Gasteiger partial charge in [-0.3, -0.25) is 4.57 Å². The number of H-pyrrole nitrogens is 1. The number of ether oxygens (including phenoxy) is 2. The zero-order chi connectivity index (χ0) is 21.3. The average Bonchev–Trinajstić information content (AvgIpc) is 3.19. The fraction of sp³-hybridized carbons (Fsp3) is 0.350. The van der Waals surface area contributed by atoms with Gasteiger partial charge in [0.25, 0.3) is 0 Å². The summed E-state index contributed by atoms with van der Waals surface area (Å²) in [6.45, 7) is 3.73. The average molecular weight is 405 g/mol. The van der Waals surface area contributed by atoms with Gasteiger partial charge in [0, 0.05) is 5.69 Å². The summed E-state index contributed by atoms with van der Waals surface area (Å²) in [5, 5.41) is 0. The van der Waals surface area contributed by atoms with E-state index in [1.807, 2.05) is 0 Å². The third-order valence-corrected chi connectivity index (χ3v) is 4.59. The molecule has 0 fully saturated rings. The van der Waals surface area contributed by atoms with Crippen LogP contribution in [0.3, 0.4) is 0 Å². The molecule has 0 saturated heterocycles. The van der Waals surface area contributed by atoms with E-state index in [1.165, 1.54) is 13.0 Å². The van der Waals surface area contributed by atoms with Gasteiger partial charge in [0.05, 0.1) is 23.2 Å². The molecule has 0 saturated carbocycles. The van der Waals surface area contributed by atoms with E-state index in [1.54, 1.807) is 39.0 Å². The van der Waals surface area contributed by atoms with Crippen LogP contribution < -0.4 is 0 Å². The van der Waals surface area contributed by atoms with Crippen molar-refractivity contribution in [1.82, 2.24) is 14.5 Å². The van der Waals surface area contributed by atoms with Crippen LogP contribution in [0.15, 0.2) is 24.3 Å². The topological polar surface area (TPSA) is 86.2 Å². The molecule has 0 bridgehead atoms. The summed E-state index contributed by atoms with van der Waals surface area (Å²) < 4.78 is 38.4. The number of carbonyl (C=O) groups excluding carboxylic acids is 2.